The summed E-state index contributed by atoms with van der Waals surface area (Å²) in [6.45, 7) is 0. The number of carbonyl (C=O) groups excluding carboxylic acids is 2. The number of aldehydes is 1. The summed E-state index contributed by atoms with van der Waals surface area (Å²) in [5.74, 6) is -1.03. The van der Waals surface area contributed by atoms with Gasteiger partial charge in [0.15, 0.2) is 12.4 Å². The summed E-state index contributed by atoms with van der Waals surface area (Å²) < 4.78 is 4.03. The molecule has 0 aromatic heterocycles. The zero-order valence-corrected chi connectivity index (χ0v) is 5.35. The van der Waals surface area contributed by atoms with E-state index in [-0.39, 0.29) is 6.29 Å². The van der Waals surface area contributed by atoms with E-state index in [1.54, 1.807) is 0 Å². The van der Waals surface area contributed by atoms with Gasteiger partial charge in [-0.3, -0.25) is 0 Å². The Morgan fingerprint density at radius 3 is 2.40 bits per heavy atom. The number of carbonyl (C=O) groups is 2. The van der Waals surface area contributed by atoms with Crippen molar-refractivity contribution in [2.24, 2.45) is 0 Å². The van der Waals surface area contributed by atoms with Crippen molar-refractivity contribution in [1.29, 1.82) is 0 Å². The molecule has 2 atom stereocenters. The van der Waals surface area contributed by atoms with Crippen molar-refractivity contribution in [3.8, 4) is 0 Å². The monoisotopic (exact) mass is 148 g/mol. The number of aliphatic hydroxyl groups is 2. The normalized spacial score (nSPS) is 15.5. The van der Waals surface area contributed by atoms with E-state index in [2.05, 4.69) is 4.74 Å². The first kappa shape index (κ1) is 9.06. The Labute approximate surface area is 57.2 Å². The van der Waals surface area contributed by atoms with Gasteiger partial charge in [-0.05, 0) is 0 Å². The van der Waals surface area contributed by atoms with Gasteiger partial charge in [-0.1, -0.05) is 0 Å². The SMILES string of the molecule is COC(=O)C(O)C(O)C=O. The first-order chi connectivity index (χ1) is 4.63. The second-order valence-corrected chi connectivity index (χ2v) is 1.59. The number of esters is 1. The lowest BCUT2D eigenvalue weighted by atomic mass is 10.2. The lowest BCUT2D eigenvalue weighted by Crippen LogP contribution is -2.35. The first-order valence-corrected chi connectivity index (χ1v) is 2.52. The third-order valence-electron chi connectivity index (χ3n) is 0.906. The molecular weight excluding hydrogens is 140 g/mol. The lowest BCUT2D eigenvalue weighted by Gasteiger charge is -2.08. The maximum Gasteiger partial charge on any atom is 0.337 e. The molecular formula is C5H8O5. The van der Waals surface area contributed by atoms with Crippen molar-refractivity contribution in [3.05, 3.63) is 0 Å². The number of aliphatic hydroxyl groups excluding tert-OH is 2. The van der Waals surface area contributed by atoms with Crippen molar-refractivity contribution in [1.82, 2.24) is 0 Å². The third-order valence-corrected chi connectivity index (χ3v) is 0.906. The van der Waals surface area contributed by atoms with E-state index in [9.17, 15) is 9.59 Å². The molecule has 0 saturated heterocycles. The smallest absolute Gasteiger partial charge is 0.337 e. The Kier molecular flexibility index (Phi) is 3.60. The second kappa shape index (κ2) is 3.97. The van der Waals surface area contributed by atoms with Gasteiger partial charge in [-0.2, -0.15) is 0 Å². The molecule has 0 rings (SSSR count). The zero-order chi connectivity index (χ0) is 8.15. The van der Waals surface area contributed by atoms with E-state index in [0.717, 1.165) is 7.11 Å². The average Bonchev–Trinajstić information content (AvgIpc) is 2.00. The number of hydrogen-bond acceptors (Lipinski definition) is 5. The van der Waals surface area contributed by atoms with E-state index in [1.807, 2.05) is 0 Å². The van der Waals surface area contributed by atoms with Crippen LogP contribution in [-0.2, 0) is 14.3 Å². The number of ether oxygens (including phenoxy) is 1. The van der Waals surface area contributed by atoms with Gasteiger partial charge in [0.05, 0.1) is 7.11 Å². The highest BCUT2D eigenvalue weighted by Gasteiger charge is 2.23. The summed E-state index contributed by atoms with van der Waals surface area (Å²) in [5, 5.41) is 17.1. The number of hydrogen-bond donors (Lipinski definition) is 2. The minimum atomic E-state index is -1.78. The van der Waals surface area contributed by atoms with Crippen molar-refractivity contribution >= 4 is 12.3 Å². The van der Waals surface area contributed by atoms with Crippen LogP contribution in [0.5, 0.6) is 0 Å². The summed E-state index contributed by atoms with van der Waals surface area (Å²) >= 11 is 0. The molecule has 0 bridgehead atoms. The van der Waals surface area contributed by atoms with E-state index in [4.69, 9.17) is 10.2 Å². The van der Waals surface area contributed by atoms with Crippen LogP contribution in [0.3, 0.4) is 0 Å². The molecule has 10 heavy (non-hydrogen) atoms. The van der Waals surface area contributed by atoms with Crippen LogP contribution in [0.1, 0.15) is 0 Å². The van der Waals surface area contributed by atoms with Crippen LogP contribution in [0.15, 0.2) is 0 Å². The van der Waals surface area contributed by atoms with E-state index in [0.29, 0.717) is 0 Å². The fourth-order valence-electron chi connectivity index (χ4n) is 0.335. The van der Waals surface area contributed by atoms with E-state index < -0.39 is 18.2 Å². The summed E-state index contributed by atoms with van der Waals surface area (Å²) in [6.07, 6.45) is -3.42. The molecule has 0 aliphatic rings. The minimum absolute atomic E-state index is 0.0571. The van der Waals surface area contributed by atoms with Crippen LogP contribution < -0.4 is 0 Å². The molecule has 0 aromatic rings. The van der Waals surface area contributed by atoms with Gasteiger partial charge in [-0.15, -0.1) is 0 Å². The predicted octanol–water partition coefficient (Wildman–Crippen LogP) is -1.92. The van der Waals surface area contributed by atoms with Crippen LogP contribution in [0, 0.1) is 0 Å². The Morgan fingerprint density at radius 1 is 1.60 bits per heavy atom. The molecule has 5 nitrogen and oxygen atoms in total. The summed E-state index contributed by atoms with van der Waals surface area (Å²) in [5.41, 5.74) is 0. The van der Waals surface area contributed by atoms with Gasteiger partial charge in [0.1, 0.15) is 6.10 Å². The molecule has 58 valence electrons. The van der Waals surface area contributed by atoms with Gasteiger partial charge in [0.25, 0.3) is 0 Å². The fraction of sp³-hybridized carbons (Fsp3) is 0.600. The largest absolute Gasteiger partial charge is 0.467 e. The zero-order valence-electron chi connectivity index (χ0n) is 5.35. The van der Waals surface area contributed by atoms with Gasteiger partial charge >= 0.3 is 5.97 Å². The fourth-order valence-corrected chi connectivity index (χ4v) is 0.335. The minimum Gasteiger partial charge on any atom is -0.467 e. The van der Waals surface area contributed by atoms with E-state index >= 15 is 0 Å². The molecule has 5 heteroatoms. The van der Waals surface area contributed by atoms with E-state index in [1.165, 1.54) is 0 Å². The van der Waals surface area contributed by atoms with Crippen LogP contribution in [0.4, 0.5) is 0 Å². The second-order valence-electron chi connectivity index (χ2n) is 1.59. The van der Waals surface area contributed by atoms with Crippen molar-refractivity contribution in [3.63, 3.8) is 0 Å². The Hall–Kier alpha value is -0.940. The molecule has 0 aliphatic heterocycles. The third kappa shape index (κ3) is 2.12. The molecule has 0 aromatic carbocycles. The molecule has 2 unspecified atom stereocenters. The van der Waals surface area contributed by atoms with Crippen molar-refractivity contribution in [2.75, 3.05) is 7.11 Å². The highest BCUT2D eigenvalue weighted by molar-refractivity contribution is 5.79. The predicted molar refractivity (Wildman–Crippen MR) is 30.1 cm³/mol. The maximum absolute atomic E-state index is 10.3. The summed E-state index contributed by atoms with van der Waals surface area (Å²) in [7, 11) is 1.04. The topological polar surface area (TPSA) is 83.8 Å². The van der Waals surface area contributed by atoms with Crippen molar-refractivity contribution in [2.45, 2.75) is 12.2 Å². The van der Waals surface area contributed by atoms with Gasteiger partial charge < -0.3 is 19.7 Å². The highest BCUT2D eigenvalue weighted by Crippen LogP contribution is 1.91. The quantitative estimate of drug-likeness (QED) is 0.360. The van der Waals surface area contributed by atoms with Gasteiger partial charge in [-0.25, -0.2) is 4.79 Å². The molecule has 0 saturated carbocycles. The first-order valence-electron chi connectivity index (χ1n) is 2.52. The highest BCUT2D eigenvalue weighted by atomic mass is 16.5. The Morgan fingerprint density at radius 2 is 2.10 bits per heavy atom. The van der Waals surface area contributed by atoms with Crippen LogP contribution in [-0.4, -0.2) is 41.8 Å². The standard InChI is InChI=1S/C5H8O5/c1-10-5(9)4(8)3(7)2-6/h2-4,7-8H,1H3. The van der Waals surface area contributed by atoms with Crippen LogP contribution in [0.25, 0.3) is 0 Å². The molecule has 0 aliphatic carbocycles. The molecule has 0 spiro atoms. The van der Waals surface area contributed by atoms with Crippen LogP contribution in [0.2, 0.25) is 0 Å². The summed E-state index contributed by atoms with van der Waals surface area (Å²) in [4.78, 5) is 20.1. The van der Waals surface area contributed by atoms with Crippen molar-refractivity contribution < 1.29 is 24.5 Å². The average molecular weight is 148 g/mol. The Balaban J connectivity index is 3.93. The van der Waals surface area contributed by atoms with Crippen LogP contribution >= 0.6 is 0 Å². The number of rotatable bonds is 3. The Bertz CT molecular complexity index is 132. The molecule has 0 radical (unpaired) electrons. The lowest BCUT2D eigenvalue weighted by molar-refractivity contribution is -0.158. The molecule has 0 heterocycles. The number of methoxy groups -OCH3 is 1. The molecule has 0 amide bonds. The molecule has 2 N–H and O–H groups in total. The molecule has 0 fully saturated rings. The summed E-state index contributed by atoms with van der Waals surface area (Å²) in [6, 6.07) is 0. The maximum atomic E-state index is 10.3. The van der Waals surface area contributed by atoms with Gasteiger partial charge in [0.2, 0.25) is 0 Å². The van der Waals surface area contributed by atoms with Gasteiger partial charge in [0, 0.05) is 0 Å².